The minimum Gasteiger partial charge on any atom is -0.315 e. The lowest BCUT2D eigenvalue weighted by Crippen LogP contribution is -2.34. The van der Waals surface area contributed by atoms with Gasteiger partial charge in [-0.2, -0.15) is 18.4 Å². The number of rotatable bonds is 5. The summed E-state index contributed by atoms with van der Waals surface area (Å²) in [7, 11) is 0. The maximum Gasteiger partial charge on any atom is 0.405 e. The van der Waals surface area contributed by atoms with Crippen LogP contribution >= 0.6 is 0 Å². The Kier molecular flexibility index (Phi) is 3.97. The summed E-state index contributed by atoms with van der Waals surface area (Å²) in [4.78, 5) is 0. The van der Waals surface area contributed by atoms with E-state index in [1.54, 1.807) is 0 Å². The fourth-order valence-corrected chi connectivity index (χ4v) is 1.52. The SMILES string of the molecule is CC(CNCC(C#N)C(F)(F)F)C1CC1. The van der Waals surface area contributed by atoms with Gasteiger partial charge in [0.25, 0.3) is 0 Å². The molecule has 5 heteroatoms. The third kappa shape index (κ3) is 4.08. The summed E-state index contributed by atoms with van der Waals surface area (Å²) in [6.45, 7) is 2.30. The first-order valence-electron chi connectivity index (χ1n) is 5.12. The van der Waals surface area contributed by atoms with Gasteiger partial charge in [-0.05, 0) is 31.2 Å². The van der Waals surface area contributed by atoms with E-state index >= 15 is 0 Å². The highest BCUT2D eigenvalue weighted by atomic mass is 19.4. The van der Waals surface area contributed by atoms with Crippen LogP contribution in [-0.4, -0.2) is 19.3 Å². The van der Waals surface area contributed by atoms with Crippen LogP contribution in [0.15, 0.2) is 0 Å². The van der Waals surface area contributed by atoms with Crippen LogP contribution in [0.25, 0.3) is 0 Å². The predicted octanol–water partition coefficient (Wildman–Crippen LogP) is 2.32. The Bertz CT molecular complexity index is 240. The third-order valence-corrected chi connectivity index (χ3v) is 2.79. The molecule has 86 valence electrons. The van der Waals surface area contributed by atoms with E-state index in [0.29, 0.717) is 18.4 Å². The molecule has 0 heterocycles. The second kappa shape index (κ2) is 4.84. The number of alkyl halides is 3. The van der Waals surface area contributed by atoms with Gasteiger partial charge < -0.3 is 5.32 Å². The van der Waals surface area contributed by atoms with E-state index in [-0.39, 0.29) is 6.54 Å². The van der Waals surface area contributed by atoms with Crippen molar-refractivity contribution in [1.29, 1.82) is 5.26 Å². The summed E-state index contributed by atoms with van der Waals surface area (Å²) in [6.07, 6.45) is -2.04. The van der Waals surface area contributed by atoms with Crippen LogP contribution in [0.1, 0.15) is 19.8 Å². The highest BCUT2D eigenvalue weighted by Crippen LogP contribution is 2.36. The van der Waals surface area contributed by atoms with Crippen molar-refractivity contribution >= 4 is 0 Å². The molecule has 0 amide bonds. The van der Waals surface area contributed by atoms with Crippen LogP contribution < -0.4 is 5.32 Å². The van der Waals surface area contributed by atoms with Gasteiger partial charge in [0.2, 0.25) is 0 Å². The molecule has 2 unspecified atom stereocenters. The lowest BCUT2D eigenvalue weighted by Gasteiger charge is -2.16. The molecule has 0 aromatic rings. The summed E-state index contributed by atoms with van der Waals surface area (Å²) in [6, 6.07) is 1.27. The highest BCUT2D eigenvalue weighted by molar-refractivity contribution is 4.90. The minimum absolute atomic E-state index is 0.295. The predicted molar refractivity (Wildman–Crippen MR) is 49.9 cm³/mol. The molecule has 0 aromatic heterocycles. The molecule has 2 atom stereocenters. The molecule has 0 aliphatic heterocycles. The number of hydrogen-bond acceptors (Lipinski definition) is 2. The average molecular weight is 220 g/mol. The second-order valence-electron chi connectivity index (χ2n) is 4.20. The summed E-state index contributed by atoms with van der Waals surface area (Å²) >= 11 is 0. The van der Waals surface area contributed by atoms with Crippen molar-refractivity contribution in [3.63, 3.8) is 0 Å². The minimum atomic E-state index is -4.41. The van der Waals surface area contributed by atoms with Crippen molar-refractivity contribution in [2.24, 2.45) is 17.8 Å². The molecular formula is C10H15F3N2. The number of hydrogen-bond donors (Lipinski definition) is 1. The van der Waals surface area contributed by atoms with Gasteiger partial charge in [0.05, 0.1) is 6.07 Å². The van der Waals surface area contributed by atoms with Crippen LogP contribution in [-0.2, 0) is 0 Å². The van der Waals surface area contributed by atoms with Gasteiger partial charge in [0.15, 0.2) is 5.92 Å². The number of nitrogens with zero attached hydrogens (tertiary/aromatic N) is 1. The maximum atomic E-state index is 12.2. The molecule has 0 saturated heterocycles. The normalized spacial score (nSPS) is 20.7. The zero-order valence-electron chi connectivity index (χ0n) is 8.64. The Labute approximate surface area is 87.5 Å². The largest absolute Gasteiger partial charge is 0.405 e. The van der Waals surface area contributed by atoms with Gasteiger partial charge in [0, 0.05) is 6.54 Å². The van der Waals surface area contributed by atoms with Gasteiger partial charge in [-0.25, -0.2) is 0 Å². The van der Waals surface area contributed by atoms with Crippen molar-refractivity contribution in [2.45, 2.75) is 25.9 Å². The standard InChI is InChI=1S/C10H15F3N2/c1-7(8-2-3-8)5-15-6-9(4-14)10(11,12)13/h7-9,15H,2-3,5-6H2,1H3. The van der Waals surface area contributed by atoms with Crippen molar-refractivity contribution in [2.75, 3.05) is 13.1 Å². The molecule has 1 fully saturated rings. The van der Waals surface area contributed by atoms with Gasteiger partial charge in [-0.15, -0.1) is 0 Å². The highest BCUT2D eigenvalue weighted by Gasteiger charge is 2.39. The van der Waals surface area contributed by atoms with E-state index in [4.69, 9.17) is 5.26 Å². The molecule has 0 spiro atoms. The summed E-state index contributed by atoms with van der Waals surface area (Å²) in [5, 5.41) is 11.1. The molecule has 2 nitrogen and oxygen atoms in total. The molecule has 0 radical (unpaired) electrons. The second-order valence-corrected chi connectivity index (χ2v) is 4.20. The van der Waals surface area contributed by atoms with E-state index in [1.165, 1.54) is 18.9 Å². The molecule has 15 heavy (non-hydrogen) atoms. The Morgan fingerprint density at radius 3 is 2.40 bits per heavy atom. The van der Waals surface area contributed by atoms with Gasteiger partial charge in [0.1, 0.15) is 0 Å². The molecular weight excluding hydrogens is 205 g/mol. The zero-order chi connectivity index (χ0) is 11.5. The molecule has 1 N–H and O–H groups in total. The van der Waals surface area contributed by atoms with Crippen LogP contribution in [0.3, 0.4) is 0 Å². The maximum absolute atomic E-state index is 12.2. The number of nitrogens with one attached hydrogen (secondary N) is 1. The topological polar surface area (TPSA) is 35.8 Å². The van der Waals surface area contributed by atoms with Gasteiger partial charge in [-0.3, -0.25) is 0 Å². The fraction of sp³-hybridized carbons (Fsp3) is 0.900. The molecule has 0 bridgehead atoms. The van der Waals surface area contributed by atoms with Crippen LogP contribution in [0.2, 0.25) is 0 Å². The van der Waals surface area contributed by atoms with Crippen molar-refractivity contribution in [3.05, 3.63) is 0 Å². The Morgan fingerprint density at radius 2 is 2.00 bits per heavy atom. The molecule has 1 aliphatic rings. The van der Waals surface area contributed by atoms with Crippen LogP contribution in [0.5, 0.6) is 0 Å². The summed E-state index contributed by atoms with van der Waals surface area (Å²) in [5.74, 6) is -0.801. The third-order valence-electron chi connectivity index (χ3n) is 2.79. The zero-order valence-corrected chi connectivity index (χ0v) is 8.64. The quantitative estimate of drug-likeness (QED) is 0.771. The number of nitriles is 1. The molecule has 1 rings (SSSR count). The smallest absolute Gasteiger partial charge is 0.315 e. The van der Waals surface area contributed by atoms with E-state index in [0.717, 1.165) is 0 Å². The van der Waals surface area contributed by atoms with Crippen molar-refractivity contribution in [3.8, 4) is 6.07 Å². The first-order valence-corrected chi connectivity index (χ1v) is 5.12. The molecule has 1 saturated carbocycles. The molecule has 0 aromatic carbocycles. The lowest BCUT2D eigenvalue weighted by molar-refractivity contribution is -0.157. The Morgan fingerprint density at radius 1 is 1.40 bits per heavy atom. The lowest BCUT2D eigenvalue weighted by atomic mass is 10.1. The molecule has 1 aliphatic carbocycles. The van der Waals surface area contributed by atoms with E-state index in [2.05, 4.69) is 5.32 Å². The first kappa shape index (κ1) is 12.3. The average Bonchev–Trinajstić information content (AvgIpc) is 2.92. The van der Waals surface area contributed by atoms with Gasteiger partial charge >= 0.3 is 6.18 Å². The monoisotopic (exact) mass is 220 g/mol. The van der Waals surface area contributed by atoms with Crippen molar-refractivity contribution in [1.82, 2.24) is 5.32 Å². The summed E-state index contributed by atoms with van der Waals surface area (Å²) in [5.41, 5.74) is 0. The Hall–Kier alpha value is -0.760. The van der Waals surface area contributed by atoms with E-state index < -0.39 is 12.1 Å². The fourth-order valence-electron chi connectivity index (χ4n) is 1.52. The summed E-state index contributed by atoms with van der Waals surface area (Å²) < 4.78 is 36.5. The van der Waals surface area contributed by atoms with Crippen LogP contribution in [0, 0.1) is 29.1 Å². The Balaban J connectivity index is 2.20. The first-order chi connectivity index (χ1) is 6.95. The van der Waals surface area contributed by atoms with Gasteiger partial charge in [-0.1, -0.05) is 6.92 Å². The van der Waals surface area contributed by atoms with Crippen LogP contribution in [0.4, 0.5) is 13.2 Å². The number of halogens is 3. The van der Waals surface area contributed by atoms with Crippen molar-refractivity contribution < 1.29 is 13.2 Å². The van der Waals surface area contributed by atoms with E-state index in [1.807, 2.05) is 6.92 Å². The van der Waals surface area contributed by atoms with E-state index in [9.17, 15) is 13.2 Å².